The second-order valence-corrected chi connectivity index (χ2v) is 7.67. The Morgan fingerprint density at radius 3 is 2.37 bits per heavy atom. The Kier molecular flexibility index (Phi) is 20.2. The number of hydrogen-bond acceptors (Lipinski definition) is 9. The first-order valence-corrected chi connectivity index (χ1v) is 10.6. The number of esters is 1. The minimum atomic E-state index is -4.12. The third kappa shape index (κ3) is 20.1. The number of carbonyl (C=O) groups is 2. The van der Waals surface area contributed by atoms with Crippen LogP contribution in [0.2, 0.25) is 10.0 Å². The first-order valence-electron chi connectivity index (χ1n) is 8.05. The molecule has 0 saturated heterocycles. The molecule has 30 heavy (non-hydrogen) atoms. The number of aliphatic carboxylic acids is 1. The summed E-state index contributed by atoms with van der Waals surface area (Å²) < 4.78 is 20.1. The fraction of sp³-hybridized carbons (Fsp3) is 0.467. The molecule has 0 atom stereocenters. The van der Waals surface area contributed by atoms with Gasteiger partial charge in [-0.05, 0) is 18.2 Å². The maximum absolute atomic E-state index is 11.3. The maximum atomic E-state index is 11.3. The molecule has 0 fully saturated rings. The minimum Gasteiger partial charge on any atom is -0.549 e. The van der Waals surface area contributed by atoms with Crippen LogP contribution < -0.4 is 71.9 Å². The topological polar surface area (TPSA) is 177 Å². The van der Waals surface area contributed by atoms with Crippen LogP contribution >= 0.6 is 30.8 Å². The first kappa shape index (κ1) is 32.4. The number of carboxylic acids is 1. The molecule has 1 aromatic carbocycles. The summed E-state index contributed by atoms with van der Waals surface area (Å²) in [5, 5.41) is 23.9. The van der Waals surface area contributed by atoms with Crippen molar-refractivity contribution in [1.82, 2.24) is 10.6 Å². The van der Waals surface area contributed by atoms with Gasteiger partial charge < -0.3 is 44.9 Å². The Hall–Kier alpha value is 0.206. The van der Waals surface area contributed by atoms with E-state index in [4.69, 9.17) is 47.6 Å². The number of aliphatic hydroxyl groups is 1. The van der Waals surface area contributed by atoms with Crippen LogP contribution in [0.4, 0.5) is 0 Å². The van der Waals surface area contributed by atoms with Crippen LogP contribution in [-0.4, -0.2) is 72.6 Å². The van der Waals surface area contributed by atoms with Gasteiger partial charge in [0.25, 0.3) is 0 Å². The van der Waals surface area contributed by atoms with E-state index in [9.17, 15) is 19.3 Å². The summed E-state index contributed by atoms with van der Waals surface area (Å²) in [6, 6.07) is 4.73. The number of hydrogen-bond donors (Lipinski definition) is 5. The van der Waals surface area contributed by atoms with E-state index < -0.39 is 32.4 Å². The monoisotopic (exact) mass is 514 g/mol. The SMILES string of the molecule is O=C(COc1ccc(Cl)cc1Cl)OCCNCCO.O=C([O-])CNCP(=O)(O)O.[K+]. The minimum absolute atomic E-state index is 0. The number of aliphatic hydroxyl groups excluding tert-OH is 1. The van der Waals surface area contributed by atoms with Crippen molar-refractivity contribution in [1.29, 1.82) is 0 Å². The van der Waals surface area contributed by atoms with Crippen molar-refractivity contribution >= 4 is 42.7 Å². The van der Waals surface area contributed by atoms with Crippen LogP contribution in [0.15, 0.2) is 18.2 Å². The van der Waals surface area contributed by atoms with Crippen molar-refractivity contribution in [3.63, 3.8) is 0 Å². The summed E-state index contributed by atoms with van der Waals surface area (Å²) >= 11 is 11.6. The van der Waals surface area contributed by atoms with Crippen molar-refractivity contribution in [2.75, 3.05) is 45.7 Å². The summed E-state index contributed by atoms with van der Waals surface area (Å²) in [6.07, 6.45) is -0.638. The number of carbonyl (C=O) groups excluding carboxylic acids is 2. The molecule has 0 saturated carbocycles. The molecule has 166 valence electrons. The smallest absolute Gasteiger partial charge is 0.549 e. The Morgan fingerprint density at radius 2 is 1.83 bits per heavy atom. The van der Waals surface area contributed by atoms with Gasteiger partial charge in [-0.3, -0.25) is 4.57 Å². The Bertz CT molecular complexity index is 694. The predicted molar refractivity (Wildman–Crippen MR) is 103 cm³/mol. The number of nitrogens with one attached hydrogen (secondary N) is 2. The van der Waals surface area contributed by atoms with E-state index in [2.05, 4.69) is 5.32 Å². The van der Waals surface area contributed by atoms with E-state index in [0.717, 1.165) is 0 Å². The zero-order chi connectivity index (χ0) is 22.3. The fourth-order valence-corrected chi connectivity index (χ4v) is 2.38. The van der Waals surface area contributed by atoms with Crippen molar-refractivity contribution < 1.29 is 95.0 Å². The van der Waals surface area contributed by atoms with E-state index in [-0.39, 0.29) is 71.2 Å². The quantitative estimate of drug-likeness (QED) is 0.0793. The van der Waals surface area contributed by atoms with Gasteiger partial charge in [0.1, 0.15) is 12.4 Å². The van der Waals surface area contributed by atoms with Gasteiger partial charge >= 0.3 is 64.9 Å². The summed E-state index contributed by atoms with van der Waals surface area (Å²) in [5.41, 5.74) is 0. The van der Waals surface area contributed by atoms with Gasteiger partial charge in [0.05, 0.1) is 23.9 Å². The van der Waals surface area contributed by atoms with Gasteiger partial charge in [0.15, 0.2) is 6.61 Å². The van der Waals surface area contributed by atoms with Crippen molar-refractivity contribution in [2.24, 2.45) is 0 Å². The number of carboxylic acid groups (broad SMARTS) is 1. The molecule has 0 aromatic heterocycles. The van der Waals surface area contributed by atoms with Gasteiger partial charge in [0, 0.05) is 24.7 Å². The molecule has 0 aliphatic rings. The standard InChI is InChI=1S/C12H15Cl2NO4.C3H8NO5P.K/c13-9-1-2-11(10(14)7-9)19-8-12(17)18-6-4-15-3-5-16;5-3(6)1-4-2-10(7,8)9;/h1-2,7,15-16H,3-6,8H2;4H,1-2H2,(H,5,6)(H2,7,8,9);/q;;+1/p-1. The van der Waals surface area contributed by atoms with Crippen molar-refractivity contribution in [3.05, 3.63) is 28.2 Å². The fourth-order valence-electron chi connectivity index (χ4n) is 1.52. The number of ether oxygens (including phenoxy) is 2. The summed E-state index contributed by atoms with van der Waals surface area (Å²) in [5.74, 6) is -1.51. The molecule has 15 heteroatoms. The van der Waals surface area contributed by atoms with E-state index in [1.165, 1.54) is 6.07 Å². The third-order valence-electron chi connectivity index (χ3n) is 2.66. The summed E-state index contributed by atoms with van der Waals surface area (Å²) in [6.45, 7) is 0.442. The van der Waals surface area contributed by atoms with E-state index in [0.29, 0.717) is 28.9 Å². The molecule has 0 amide bonds. The predicted octanol–water partition coefficient (Wildman–Crippen LogP) is -4.04. The molecule has 0 aliphatic carbocycles. The molecule has 1 rings (SSSR count). The van der Waals surface area contributed by atoms with Gasteiger partial charge in [-0.2, -0.15) is 0 Å². The molecule has 0 heterocycles. The van der Waals surface area contributed by atoms with E-state index in [1.807, 2.05) is 5.32 Å². The average molecular weight is 515 g/mol. The molecule has 1 aromatic rings. The molecule has 11 nitrogen and oxygen atoms in total. The summed E-state index contributed by atoms with van der Waals surface area (Å²) in [4.78, 5) is 37.3. The molecule has 0 radical (unpaired) electrons. The molecule has 0 bridgehead atoms. The molecular weight excluding hydrogens is 493 g/mol. The van der Waals surface area contributed by atoms with Crippen LogP contribution in [0.1, 0.15) is 0 Å². The van der Waals surface area contributed by atoms with Crippen LogP contribution in [0.3, 0.4) is 0 Å². The van der Waals surface area contributed by atoms with Gasteiger partial charge in [-0.25, -0.2) is 4.79 Å². The second kappa shape index (κ2) is 18.7. The van der Waals surface area contributed by atoms with Crippen LogP contribution in [0, 0.1) is 0 Å². The van der Waals surface area contributed by atoms with Gasteiger partial charge in [-0.1, -0.05) is 23.2 Å². The summed E-state index contributed by atoms with van der Waals surface area (Å²) in [7, 11) is -4.12. The van der Waals surface area contributed by atoms with Gasteiger partial charge in [0.2, 0.25) is 0 Å². The third-order valence-corrected chi connectivity index (χ3v) is 3.82. The zero-order valence-electron chi connectivity index (χ0n) is 16.2. The second-order valence-electron chi connectivity index (χ2n) is 5.18. The number of benzene rings is 1. The van der Waals surface area contributed by atoms with Crippen LogP contribution in [0.5, 0.6) is 5.75 Å². The Morgan fingerprint density at radius 1 is 1.17 bits per heavy atom. The molecule has 0 spiro atoms. The molecule has 0 aliphatic heterocycles. The van der Waals surface area contributed by atoms with Crippen molar-refractivity contribution in [2.45, 2.75) is 0 Å². The van der Waals surface area contributed by atoms with Crippen LogP contribution in [0.25, 0.3) is 0 Å². The van der Waals surface area contributed by atoms with Crippen molar-refractivity contribution in [3.8, 4) is 5.75 Å². The number of rotatable bonds is 12. The zero-order valence-corrected chi connectivity index (χ0v) is 21.7. The Balaban J connectivity index is 0. The largest absolute Gasteiger partial charge is 1.00 e. The normalized spacial score (nSPS) is 10.3. The van der Waals surface area contributed by atoms with E-state index in [1.54, 1.807) is 12.1 Å². The molecule has 0 unspecified atom stereocenters. The van der Waals surface area contributed by atoms with E-state index >= 15 is 0 Å². The van der Waals surface area contributed by atoms with Gasteiger partial charge in [-0.15, -0.1) is 0 Å². The Labute approximate surface area is 226 Å². The maximum Gasteiger partial charge on any atom is 1.00 e. The molecule has 5 N–H and O–H groups in total. The molecular formula is C15H22Cl2KN2O9P. The first-order chi connectivity index (χ1) is 13.5. The average Bonchev–Trinajstić information content (AvgIpc) is 2.60. The van der Waals surface area contributed by atoms with Crippen LogP contribution in [-0.2, 0) is 18.9 Å². The number of halogens is 2.